The molecule has 0 aromatic carbocycles. The maximum absolute atomic E-state index is 11.1. The fraction of sp³-hybridized carbons (Fsp3) is 0.583. The molecule has 0 bridgehead atoms. The van der Waals surface area contributed by atoms with Crippen LogP contribution in [0.3, 0.4) is 0 Å². The van der Waals surface area contributed by atoms with Crippen molar-refractivity contribution in [2.24, 2.45) is 11.3 Å². The molecule has 1 N–H and O–H groups in total. The fourth-order valence-electron chi connectivity index (χ4n) is 1.67. The summed E-state index contributed by atoms with van der Waals surface area (Å²) < 4.78 is 0. The van der Waals surface area contributed by atoms with Gasteiger partial charge in [-0.15, -0.1) is 0 Å². The average Bonchev–Trinajstić information content (AvgIpc) is 2.53. The maximum atomic E-state index is 11.1. The fourth-order valence-corrected chi connectivity index (χ4v) is 2.38. The number of rotatable bonds is 4. The molecule has 2 nitrogen and oxygen atoms in total. The Balaban J connectivity index is 2.57. The third-order valence-electron chi connectivity index (χ3n) is 2.65. The van der Waals surface area contributed by atoms with Crippen LogP contribution in [0.1, 0.15) is 32.8 Å². The van der Waals surface area contributed by atoms with Crippen molar-refractivity contribution in [3.05, 3.63) is 22.4 Å². The zero-order chi connectivity index (χ0) is 11.5. The van der Waals surface area contributed by atoms with E-state index < -0.39 is 5.97 Å². The number of thiophene rings is 1. The molecule has 0 aliphatic rings. The van der Waals surface area contributed by atoms with Crippen LogP contribution in [-0.4, -0.2) is 11.1 Å². The van der Waals surface area contributed by atoms with Crippen molar-refractivity contribution < 1.29 is 9.90 Å². The minimum Gasteiger partial charge on any atom is -0.481 e. The Morgan fingerprint density at radius 2 is 2.20 bits per heavy atom. The first-order valence-electron chi connectivity index (χ1n) is 5.15. The molecular weight excluding hydrogens is 208 g/mol. The summed E-state index contributed by atoms with van der Waals surface area (Å²) in [6.45, 7) is 5.96. The van der Waals surface area contributed by atoms with Crippen LogP contribution in [0.2, 0.25) is 0 Å². The van der Waals surface area contributed by atoms with Gasteiger partial charge in [0.2, 0.25) is 0 Å². The summed E-state index contributed by atoms with van der Waals surface area (Å²) in [5, 5.41) is 13.3. The van der Waals surface area contributed by atoms with Crippen molar-refractivity contribution in [1.82, 2.24) is 0 Å². The predicted octanol–water partition coefficient (Wildman–Crippen LogP) is 3.43. The number of carboxylic acid groups (broad SMARTS) is 1. The molecule has 3 heteroatoms. The summed E-state index contributed by atoms with van der Waals surface area (Å²) >= 11 is 1.66. The van der Waals surface area contributed by atoms with Gasteiger partial charge in [-0.05, 0) is 40.6 Å². The van der Waals surface area contributed by atoms with Crippen molar-refractivity contribution in [3.8, 4) is 0 Å². The predicted molar refractivity (Wildman–Crippen MR) is 63.2 cm³/mol. The Labute approximate surface area is 94.9 Å². The summed E-state index contributed by atoms with van der Waals surface area (Å²) in [4.78, 5) is 11.1. The van der Waals surface area contributed by atoms with Gasteiger partial charge >= 0.3 is 5.97 Å². The number of carbonyl (C=O) groups is 1. The van der Waals surface area contributed by atoms with Crippen molar-refractivity contribution in [2.45, 2.75) is 33.6 Å². The minimum atomic E-state index is -0.683. The van der Waals surface area contributed by atoms with Gasteiger partial charge in [0, 0.05) is 0 Å². The number of hydrogen-bond acceptors (Lipinski definition) is 2. The number of aryl methyl sites for hydroxylation is 1. The van der Waals surface area contributed by atoms with Gasteiger partial charge < -0.3 is 5.11 Å². The van der Waals surface area contributed by atoms with Gasteiger partial charge in [-0.25, -0.2) is 0 Å². The topological polar surface area (TPSA) is 37.3 Å². The highest BCUT2D eigenvalue weighted by atomic mass is 32.1. The largest absolute Gasteiger partial charge is 0.481 e. The van der Waals surface area contributed by atoms with E-state index in [1.165, 1.54) is 5.56 Å². The summed E-state index contributed by atoms with van der Waals surface area (Å²) in [5.41, 5.74) is 1.08. The first kappa shape index (κ1) is 12.2. The lowest BCUT2D eigenvalue weighted by atomic mass is 9.78. The third kappa shape index (κ3) is 3.67. The van der Waals surface area contributed by atoms with Crippen molar-refractivity contribution in [2.75, 3.05) is 0 Å². The van der Waals surface area contributed by atoms with E-state index in [0.29, 0.717) is 0 Å². The summed E-state index contributed by atoms with van der Waals surface area (Å²) in [5.74, 6) is -0.949. The van der Waals surface area contributed by atoms with Crippen LogP contribution >= 0.6 is 11.3 Å². The van der Waals surface area contributed by atoms with E-state index in [4.69, 9.17) is 5.11 Å². The van der Waals surface area contributed by atoms with Gasteiger partial charge in [-0.2, -0.15) is 11.3 Å². The van der Waals surface area contributed by atoms with E-state index in [1.807, 2.05) is 26.2 Å². The number of carboxylic acids is 1. The van der Waals surface area contributed by atoms with Crippen molar-refractivity contribution in [1.29, 1.82) is 0 Å². The third-order valence-corrected chi connectivity index (χ3v) is 3.38. The Kier molecular flexibility index (Phi) is 3.91. The molecule has 1 aromatic heterocycles. The first-order chi connectivity index (χ1) is 6.91. The highest BCUT2D eigenvalue weighted by Crippen LogP contribution is 2.30. The highest BCUT2D eigenvalue weighted by Gasteiger charge is 2.30. The molecule has 1 heterocycles. The van der Waals surface area contributed by atoms with E-state index in [0.717, 1.165) is 12.8 Å². The molecule has 0 radical (unpaired) electrons. The van der Waals surface area contributed by atoms with Gasteiger partial charge in [0.15, 0.2) is 0 Å². The van der Waals surface area contributed by atoms with Crippen LogP contribution in [0.4, 0.5) is 0 Å². The second-order valence-electron chi connectivity index (χ2n) is 4.93. The Hall–Kier alpha value is -0.830. The summed E-state index contributed by atoms with van der Waals surface area (Å²) in [7, 11) is 0. The quantitative estimate of drug-likeness (QED) is 0.854. The average molecular weight is 226 g/mol. The molecule has 0 saturated heterocycles. The second-order valence-corrected chi connectivity index (χ2v) is 5.71. The number of aliphatic carboxylic acids is 1. The van der Waals surface area contributed by atoms with Crippen LogP contribution in [0.25, 0.3) is 0 Å². The van der Waals surface area contributed by atoms with Crippen molar-refractivity contribution in [3.63, 3.8) is 0 Å². The zero-order valence-electron chi connectivity index (χ0n) is 9.49. The lowest BCUT2D eigenvalue weighted by molar-refractivity contribution is -0.145. The second kappa shape index (κ2) is 4.79. The molecule has 0 saturated carbocycles. The highest BCUT2D eigenvalue weighted by molar-refractivity contribution is 7.07. The molecule has 0 aliphatic heterocycles. The SMILES string of the molecule is CC(C)(C)C(CCc1ccsc1)C(=O)O. The Morgan fingerprint density at radius 1 is 1.53 bits per heavy atom. The minimum absolute atomic E-state index is 0.165. The van der Waals surface area contributed by atoms with Crippen molar-refractivity contribution >= 4 is 17.3 Å². The van der Waals surface area contributed by atoms with E-state index >= 15 is 0 Å². The van der Waals surface area contributed by atoms with Crippen LogP contribution in [0.5, 0.6) is 0 Å². The van der Waals surface area contributed by atoms with E-state index in [-0.39, 0.29) is 11.3 Å². The molecule has 0 amide bonds. The Morgan fingerprint density at radius 3 is 2.60 bits per heavy atom. The molecule has 15 heavy (non-hydrogen) atoms. The molecule has 1 atom stereocenters. The number of hydrogen-bond donors (Lipinski definition) is 1. The van der Waals surface area contributed by atoms with E-state index in [1.54, 1.807) is 11.3 Å². The van der Waals surface area contributed by atoms with E-state index in [2.05, 4.69) is 11.4 Å². The zero-order valence-corrected chi connectivity index (χ0v) is 10.3. The van der Waals surface area contributed by atoms with Gasteiger partial charge in [0.1, 0.15) is 0 Å². The lowest BCUT2D eigenvalue weighted by Gasteiger charge is -2.26. The van der Waals surface area contributed by atoms with Gasteiger partial charge in [-0.1, -0.05) is 20.8 Å². The monoisotopic (exact) mass is 226 g/mol. The standard InChI is InChI=1S/C12H18O2S/c1-12(2,3)10(11(13)14)5-4-9-6-7-15-8-9/h6-8,10H,4-5H2,1-3H3,(H,13,14). The van der Waals surface area contributed by atoms with Crippen LogP contribution in [-0.2, 0) is 11.2 Å². The smallest absolute Gasteiger partial charge is 0.307 e. The molecule has 1 aromatic rings. The first-order valence-corrected chi connectivity index (χ1v) is 6.09. The molecule has 1 unspecified atom stereocenters. The maximum Gasteiger partial charge on any atom is 0.307 e. The lowest BCUT2D eigenvalue weighted by Crippen LogP contribution is -2.28. The molecule has 0 spiro atoms. The van der Waals surface area contributed by atoms with Gasteiger partial charge in [-0.3, -0.25) is 4.79 Å². The summed E-state index contributed by atoms with van der Waals surface area (Å²) in [6, 6.07) is 2.06. The summed E-state index contributed by atoms with van der Waals surface area (Å²) in [6.07, 6.45) is 1.58. The molecule has 0 aliphatic carbocycles. The van der Waals surface area contributed by atoms with Crippen LogP contribution < -0.4 is 0 Å². The molecule has 1 rings (SSSR count). The molecule has 0 fully saturated rings. The van der Waals surface area contributed by atoms with E-state index in [9.17, 15) is 4.79 Å². The molecular formula is C12H18O2S. The normalized spacial score (nSPS) is 13.8. The van der Waals surface area contributed by atoms with Crippen LogP contribution in [0, 0.1) is 11.3 Å². The molecule has 84 valence electrons. The van der Waals surface area contributed by atoms with Gasteiger partial charge in [0.05, 0.1) is 5.92 Å². The van der Waals surface area contributed by atoms with Gasteiger partial charge in [0.25, 0.3) is 0 Å². The Bertz CT molecular complexity index is 309. The van der Waals surface area contributed by atoms with Crippen LogP contribution in [0.15, 0.2) is 16.8 Å².